The number of pyridine rings is 1. The molecule has 2 aromatic carbocycles. The maximum atomic E-state index is 5.93. The summed E-state index contributed by atoms with van der Waals surface area (Å²) in [5.74, 6) is 1.29. The monoisotopic (exact) mass is 375 g/mol. The number of aryl methyl sites for hydroxylation is 1. The normalized spacial score (nSPS) is 10.7. The minimum atomic E-state index is 0.534. The molecule has 2 N–H and O–H groups in total. The van der Waals surface area contributed by atoms with Crippen LogP contribution in [-0.4, -0.2) is 15.0 Å². The fourth-order valence-electron chi connectivity index (χ4n) is 2.84. The van der Waals surface area contributed by atoms with Gasteiger partial charge in [0.25, 0.3) is 0 Å². The van der Waals surface area contributed by atoms with Crippen molar-refractivity contribution >= 4 is 40.0 Å². The highest BCUT2D eigenvalue weighted by molar-refractivity contribution is 6.30. The summed E-state index contributed by atoms with van der Waals surface area (Å²) in [5, 5.41) is 8.42. The zero-order chi connectivity index (χ0) is 18.6. The van der Waals surface area contributed by atoms with E-state index in [1.165, 1.54) is 0 Å². The van der Waals surface area contributed by atoms with Gasteiger partial charge in [-0.25, -0.2) is 4.98 Å². The van der Waals surface area contributed by atoms with Crippen molar-refractivity contribution in [2.75, 3.05) is 10.6 Å². The van der Waals surface area contributed by atoms with Crippen molar-refractivity contribution < 1.29 is 0 Å². The second-order valence-electron chi connectivity index (χ2n) is 6.20. The molecule has 0 atom stereocenters. The van der Waals surface area contributed by atoms with Crippen LogP contribution in [0, 0.1) is 6.92 Å². The number of aromatic nitrogens is 3. The summed E-state index contributed by atoms with van der Waals surface area (Å²) >= 11 is 5.93. The SMILES string of the molecule is Cc1cc(NCc2ccc(Cl)cc2)nc(Nc2cccc3cccnc23)n1. The van der Waals surface area contributed by atoms with Crippen LogP contribution in [0.2, 0.25) is 5.02 Å². The third-order valence-corrected chi connectivity index (χ3v) is 4.37. The molecule has 27 heavy (non-hydrogen) atoms. The maximum Gasteiger partial charge on any atom is 0.229 e. The Morgan fingerprint density at radius 2 is 1.78 bits per heavy atom. The van der Waals surface area contributed by atoms with Gasteiger partial charge in [0.15, 0.2) is 0 Å². The molecule has 0 aliphatic carbocycles. The van der Waals surface area contributed by atoms with Crippen molar-refractivity contribution in [3.8, 4) is 0 Å². The Bertz CT molecular complexity index is 1070. The molecule has 4 aromatic rings. The Balaban J connectivity index is 1.56. The summed E-state index contributed by atoms with van der Waals surface area (Å²) in [5.41, 5.74) is 3.77. The Morgan fingerprint density at radius 3 is 2.63 bits per heavy atom. The van der Waals surface area contributed by atoms with Gasteiger partial charge in [0.05, 0.1) is 11.2 Å². The smallest absolute Gasteiger partial charge is 0.229 e. The van der Waals surface area contributed by atoms with E-state index in [1.807, 2.05) is 67.6 Å². The summed E-state index contributed by atoms with van der Waals surface area (Å²) < 4.78 is 0. The second-order valence-corrected chi connectivity index (χ2v) is 6.64. The van der Waals surface area contributed by atoms with Gasteiger partial charge in [0.2, 0.25) is 5.95 Å². The molecule has 6 heteroatoms. The van der Waals surface area contributed by atoms with Crippen molar-refractivity contribution in [2.45, 2.75) is 13.5 Å². The van der Waals surface area contributed by atoms with Gasteiger partial charge in [-0.15, -0.1) is 0 Å². The summed E-state index contributed by atoms with van der Waals surface area (Å²) in [4.78, 5) is 13.5. The molecule has 0 bridgehead atoms. The lowest BCUT2D eigenvalue weighted by atomic mass is 10.2. The lowest BCUT2D eigenvalue weighted by Gasteiger charge is -2.11. The average molecular weight is 376 g/mol. The van der Waals surface area contributed by atoms with Crippen LogP contribution in [0.3, 0.4) is 0 Å². The topological polar surface area (TPSA) is 62.7 Å². The Kier molecular flexibility index (Phi) is 4.85. The van der Waals surface area contributed by atoms with Crippen LogP contribution in [0.4, 0.5) is 17.5 Å². The number of anilines is 3. The fraction of sp³-hybridized carbons (Fsp3) is 0.0952. The average Bonchev–Trinajstić information content (AvgIpc) is 2.67. The van der Waals surface area contributed by atoms with Crippen molar-refractivity contribution in [3.63, 3.8) is 0 Å². The molecule has 2 aromatic heterocycles. The van der Waals surface area contributed by atoms with Gasteiger partial charge in [-0.2, -0.15) is 4.98 Å². The van der Waals surface area contributed by atoms with E-state index < -0.39 is 0 Å². The molecule has 134 valence electrons. The minimum Gasteiger partial charge on any atom is -0.366 e. The van der Waals surface area contributed by atoms with E-state index >= 15 is 0 Å². The number of fused-ring (bicyclic) bond motifs is 1. The highest BCUT2D eigenvalue weighted by atomic mass is 35.5. The van der Waals surface area contributed by atoms with E-state index in [2.05, 4.69) is 25.6 Å². The summed E-state index contributed by atoms with van der Waals surface area (Å²) in [6, 6.07) is 19.6. The maximum absolute atomic E-state index is 5.93. The number of hydrogen-bond acceptors (Lipinski definition) is 5. The predicted molar refractivity (Wildman–Crippen MR) is 111 cm³/mol. The van der Waals surface area contributed by atoms with E-state index in [9.17, 15) is 0 Å². The second kappa shape index (κ2) is 7.60. The van der Waals surface area contributed by atoms with Crippen molar-refractivity contribution in [3.05, 3.63) is 83.1 Å². The van der Waals surface area contributed by atoms with Crippen LogP contribution in [0.5, 0.6) is 0 Å². The Hall–Kier alpha value is -3.18. The third kappa shape index (κ3) is 4.15. The van der Waals surface area contributed by atoms with E-state index in [0.29, 0.717) is 12.5 Å². The van der Waals surface area contributed by atoms with Gasteiger partial charge in [-0.3, -0.25) is 4.98 Å². The molecule has 4 rings (SSSR count). The Labute approximate surface area is 162 Å². The predicted octanol–water partition coefficient (Wildman–Crippen LogP) is 5.34. The molecule has 0 unspecified atom stereocenters. The van der Waals surface area contributed by atoms with Crippen LogP contribution in [0.25, 0.3) is 10.9 Å². The number of benzene rings is 2. The lowest BCUT2D eigenvalue weighted by molar-refractivity contribution is 1.06. The van der Waals surface area contributed by atoms with Crippen LogP contribution in [0.15, 0.2) is 66.9 Å². The minimum absolute atomic E-state index is 0.534. The van der Waals surface area contributed by atoms with E-state index in [0.717, 1.165) is 38.7 Å². The van der Waals surface area contributed by atoms with Crippen molar-refractivity contribution in [1.29, 1.82) is 0 Å². The summed E-state index contributed by atoms with van der Waals surface area (Å²) in [6.45, 7) is 2.60. The molecule has 0 aliphatic heterocycles. The first-order chi connectivity index (χ1) is 13.2. The first-order valence-electron chi connectivity index (χ1n) is 8.62. The standard InChI is InChI=1S/C21H18ClN5/c1-14-12-19(24-13-15-7-9-17(22)10-8-15)27-21(25-14)26-18-6-2-4-16-5-3-11-23-20(16)18/h2-12H,13H2,1H3,(H2,24,25,26,27). The molecule has 0 radical (unpaired) electrons. The quantitative estimate of drug-likeness (QED) is 0.492. The number of hydrogen-bond donors (Lipinski definition) is 2. The first kappa shape index (κ1) is 17.2. The molecule has 0 amide bonds. The highest BCUT2D eigenvalue weighted by Crippen LogP contribution is 2.24. The lowest BCUT2D eigenvalue weighted by Crippen LogP contribution is -2.06. The van der Waals surface area contributed by atoms with E-state index in [1.54, 1.807) is 6.20 Å². The number of rotatable bonds is 5. The number of nitrogens with one attached hydrogen (secondary N) is 2. The van der Waals surface area contributed by atoms with Gasteiger partial charge in [-0.05, 0) is 36.8 Å². The first-order valence-corrected chi connectivity index (χ1v) is 9.00. The van der Waals surface area contributed by atoms with Crippen LogP contribution in [0.1, 0.15) is 11.3 Å². The molecule has 2 heterocycles. The summed E-state index contributed by atoms with van der Waals surface area (Å²) in [7, 11) is 0. The van der Waals surface area contributed by atoms with Gasteiger partial charge in [-0.1, -0.05) is 41.9 Å². The van der Waals surface area contributed by atoms with Crippen LogP contribution < -0.4 is 10.6 Å². The van der Waals surface area contributed by atoms with Crippen molar-refractivity contribution in [1.82, 2.24) is 15.0 Å². The molecular weight excluding hydrogens is 358 g/mol. The van der Waals surface area contributed by atoms with E-state index in [-0.39, 0.29) is 0 Å². The Morgan fingerprint density at radius 1 is 0.963 bits per heavy atom. The van der Waals surface area contributed by atoms with Crippen LogP contribution >= 0.6 is 11.6 Å². The molecule has 5 nitrogen and oxygen atoms in total. The highest BCUT2D eigenvalue weighted by Gasteiger charge is 2.06. The largest absolute Gasteiger partial charge is 0.366 e. The van der Waals surface area contributed by atoms with Gasteiger partial charge >= 0.3 is 0 Å². The van der Waals surface area contributed by atoms with Crippen LogP contribution in [-0.2, 0) is 6.54 Å². The molecule has 0 spiro atoms. The van der Waals surface area contributed by atoms with E-state index in [4.69, 9.17) is 11.6 Å². The van der Waals surface area contributed by atoms with Crippen molar-refractivity contribution in [2.24, 2.45) is 0 Å². The zero-order valence-corrected chi connectivity index (χ0v) is 15.5. The third-order valence-electron chi connectivity index (χ3n) is 4.12. The number of halogens is 1. The summed E-state index contributed by atoms with van der Waals surface area (Å²) in [6.07, 6.45) is 1.78. The fourth-order valence-corrected chi connectivity index (χ4v) is 2.96. The zero-order valence-electron chi connectivity index (χ0n) is 14.8. The van der Waals surface area contributed by atoms with Gasteiger partial charge < -0.3 is 10.6 Å². The molecular formula is C21H18ClN5. The molecule has 0 aliphatic rings. The number of nitrogens with zero attached hydrogens (tertiary/aromatic N) is 3. The molecule has 0 fully saturated rings. The van der Waals surface area contributed by atoms with Gasteiger partial charge in [0, 0.05) is 34.9 Å². The van der Waals surface area contributed by atoms with Gasteiger partial charge in [0.1, 0.15) is 5.82 Å². The molecule has 0 saturated heterocycles. The molecule has 0 saturated carbocycles. The number of para-hydroxylation sites is 1.